The van der Waals surface area contributed by atoms with Gasteiger partial charge in [0, 0.05) is 43.5 Å². The van der Waals surface area contributed by atoms with Crippen molar-refractivity contribution in [2.24, 2.45) is 0 Å². The largest absolute Gasteiger partial charge is 0.493 e. The lowest BCUT2D eigenvalue weighted by Gasteiger charge is -2.31. The van der Waals surface area contributed by atoms with Gasteiger partial charge in [0.05, 0.1) is 11.5 Å². The van der Waals surface area contributed by atoms with E-state index in [1.54, 1.807) is 18.2 Å². The van der Waals surface area contributed by atoms with Crippen molar-refractivity contribution in [3.63, 3.8) is 0 Å². The van der Waals surface area contributed by atoms with Crippen molar-refractivity contribution in [1.29, 1.82) is 0 Å². The van der Waals surface area contributed by atoms with Crippen LogP contribution in [-0.4, -0.2) is 63.4 Å². The number of carbonyl (C=O) groups is 1. The van der Waals surface area contributed by atoms with Crippen LogP contribution in [0.2, 0.25) is 0 Å². The van der Waals surface area contributed by atoms with Gasteiger partial charge in [0.1, 0.15) is 5.75 Å². The van der Waals surface area contributed by atoms with Crippen LogP contribution in [0, 0.1) is 0 Å². The average molecular weight is 430 g/mol. The van der Waals surface area contributed by atoms with Crippen LogP contribution in [0.1, 0.15) is 12.5 Å². The highest BCUT2D eigenvalue weighted by Crippen LogP contribution is 2.21. The summed E-state index contributed by atoms with van der Waals surface area (Å²) in [4.78, 5) is 14.6. The Morgan fingerprint density at radius 1 is 1.07 bits per heavy atom. The maximum Gasteiger partial charge on any atom is 0.248 e. The molecule has 8 heteroatoms. The zero-order chi connectivity index (χ0) is 21.6. The van der Waals surface area contributed by atoms with Crippen molar-refractivity contribution >= 4 is 27.7 Å². The van der Waals surface area contributed by atoms with E-state index in [4.69, 9.17) is 4.74 Å². The van der Waals surface area contributed by atoms with E-state index >= 15 is 0 Å². The summed E-state index contributed by atoms with van der Waals surface area (Å²) in [6, 6.07) is 13.7. The molecule has 0 unspecified atom stereocenters. The third-order valence-corrected chi connectivity index (χ3v) is 6.77. The number of anilines is 1. The van der Waals surface area contributed by atoms with Crippen molar-refractivity contribution < 1.29 is 17.9 Å². The molecule has 1 aliphatic rings. The molecule has 0 atom stereocenters. The molecule has 1 saturated heterocycles. The Morgan fingerprint density at radius 2 is 1.73 bits per heavy atom. The lowest BCUT2D eigenvalue weighted by Crippen LogP contribution is -2.46. The number of piperazine rings is 1. The van der Waals surface area contributed by atoms with Gasteiger partial charge < -0.3 is 15.0 Å². The van der Waals surface area contributed by atoms with Gasteiger partial charge in [-0.1, -0.05) is 18.2 Å². The van der Waals surface area contributed by atoms with E-state index in [-0.39, 0.29) is 10.8 Å². The predicted octanol–water partition coefficient (Wildman–Crippen LogP) is 2.67. The van der Waals surface area contributed by atoms with Crippen molar-refractivity contribution in [2.45, 2.75) is 11.8 Å². The molecule has 3 rings (SSSR count). The molecule has 0 spiro atoms. The molecule has 0 saturated carbocycles. The second-order valence-electron chi connectivity index (χ2n) is 7.03. The van der Waals surface area contributed by atoms with Crippen molar-refractivity contribution in [1.82, 2.24) is 9.21 Å². The number of nitrogens with one attached hydrogen (secondary N) is 1. The lowest BCUT2D eigenvalue weighted by molar-refractivity contribution is -0.111. The average Bonchev–Trinajstić information content (AvgIpc) is 2.74. The summed E-state index contributed by atoms with van der Waals surface area (Å²) in [5.41, 5.74) is 1.34. The number of sulfonamides is 1. The maximum atomic E-state index is 12.8. The Hall–Kier alpha value is -2.68. The van der Waals surface area contributed by atoms with Crippen molar-refractivity contribution in [3.8, 4) is 5.75 Å². The molecule has 0 bridgehead atoms. The molecule has 2 aromatic rings. The van der Waals surface area contributed by atoms with E-state index in [0.29, 0.717) is 44.2 Å². The Balaban J connectivity index is 1.63. The summed E-state index contributed by atoms with van der Waals surface area (Å²) in [5, 5.41) is 2.75. The van der Waals surface area contributed by atoms with Crippen molar-refractivity contribution in [2.75, 3.05) is 45.2 Å². The summed E-state index contributed by atoms with van der Waals surface area (Å²) >= 11 is 0. The van der Waals surface area contributed by atoms with Crippen molar-refractivity contribution in [3.05, 3.63) is 60.2 Å². The quantitative estimate of drug-likeness (QED) is 0.685. The van der Waals surface area contributed by atoms with E-state index in [0.717, 1.165) is 5.56 Å². The molecule has 0 aliphatic carbocycles. The fraction of sp³-hybridized carbons (Fsp3) is 0.318. The number of nitrogens with zero attached hydrogens (tertiary/aromatic N) is 2. The number of rotatable bonds is 7. The molecular weight excluding hydrogens is 402 g/mol. The highest BCUT2D eigenvalue weighted by Gasteiger charge is 2.27. The van der Waals surface area contributed by atoms with Crippen LogP contribution < -0.4 is 10.1 Å². The van der Waals surface area contributed by atoms with E-state index in [2.05, 4.69) is 10.2 Å². The predicted molar refractivity (Wildman–Crippen MR) is 118 cm³/mol. The zero-order valence-corrected chi connectivity index (χ0v) is 18.1. The Kier molecular flexibility index (Phi) is 7.25. The molecule has 7 nitrogen and oxygen atoms in total. The molecule has 1 heterocycles. The van der Waals surface area contributed by atoms with Gasteiger partial charge in [-0.2, -0.15) is 4.31 Å². The van der Waals surface area contributed by atoms with Crippen LogP contribution in [-0.2, 0) is 14.8 Å². The van der Waals surface area contributed by atoms with Crippen LogP contribution in [0.25, 0.3) is 6.08 Å². The second-order valence-corrected chi connectivity index (χ2v) is 8.96. The SMILES string of the molecule is CCOc1ccccc1/C=C/C(=O)Nc1ccc(S(=O)(=O)N2CCN(C)CC2)cc1. The van der Waals surface area contributed by atoms with Gasteiger partial charge in [-0.15, -0.1) is 0 Å². The van der Waals surface area contributed by atoms with Crippen LogP contribution in [0.15, 0.2) is 59.5 Å². The van der Waals surface area contributed by atoms with Crippen LogP contribution in [0.4, 0.5) is 5.69 Å². The molecule has 1 N–H and O–H groups in total. The summed E-state index contributed by atoms with van der Waals surface area (Å²) in [7, 11) is -1.54. The minimum atomic E-state index is -3.52. The summed E-state index contributed by atoms with van der Waals surface area (Å²) in [6.07, 6.45) is 3.11. The van der Waals surface area contributed by atoms with Gasteiger partial charge in [-0.05, 0) is 50.4 Å². The summed E-state index contributed by atoms with van der Waals surface area (Å²) < 4.78 is 32.6. The van der Waals surface area contributed by atoms with Crippen LogP contribution >= 0.6 is 0 Å². The normalized spacial score (nSPS) is 15.9. The van der Waals surface area contributed by atoms with E-state index < -0.39 is 10.0 Å². The first kappa shape index (κ1) is 22.0. The van der Waals surface area contributed by atoms with Gasteiger partial charge in [0.2, 0.25) is 15.9 Å². The zero-order valence-electron chi connectivity index (χ0n) is 17.2. The Labute approximate surface area is 178 Å². The first-order valence-corrected chi connectivity index (χ1v) is 11.3. The fourth-order valence-corrected chi connectivity index (χ4v) is 4.56. The number of para-hydroxylation sites is 1. The highest BCUT2D eigenvalue weighted by molar-refractivity contribution is 7.89. The van der Waals surface area contributed by atoms with Crippen LogP contribution in [0.3, 0.4) is 0 Å². The number of carbonyl (C=O) groups excluding carboxylic acids is 1. The van der Waals surface area contributed by atoms with Crippen LogP contribution in [0.5, 0.6) is 5.75 Å². The molecule has 2 aromatic carbocycles. The minimum absolute atomic E-state index is 0.228. The molecule has 1 aliphatic heterocycles. The topological polar surface area (TPSA) is 78.9 Å². The molecule has 0 radical (unpaired) electrons. The minimum Gasteiger partial charge on any atom is -0.493 e. The second kappa shape index (κ2) is 9.88. The third kappa shape index (κ3) is 5.47. The third-order valence-electron chi connectivity index (χ3n) is 4.85. The fourth-order valence-electron chi connectivity index (χ4n) is 3.14. The summed E-state index contributed by atoms with van der Waals surface area (Å²) in [5.74, 6) is 0.401. The van der Waals surface area contributed by atoms with Gasteiger partial charge in [-0.3, -0.25) is 4.79 Å². The van der Waals surface area contributed by atoms with E-state index in [1.807, 2.05) is 38.2 Å². The van der Waals surface area contributed by atoms with Gasteiger partial charge in [-0.25, -0.2) is 8.42 Å². The number of hydrogen-bond donors (Lipinski definition) is 1. The number of ether oxygens (including phenoxy) is 1. The van der Waals surface area contributed by atoms with Gasteiger partial charge >= 0.3 is 0 Å². The first-order chi connectivity index (χ1) is 14.4. The number of likely N-dealkylation sites (N-methyl/N-ethyl adjacent to an activating group) is 1. The smallest absolute Gasteiger partial charge is 0.248 e. The highest BCUT2D eigenvalue weighted by atomic mass is 32.2. The standard InChI is InChI=1S/C22H27N3O4S/c1-3-29-21-7-5-4-6-18(21)8-13-22(26)23-19-9-11-20(12-10-19)30(27,28)25-16-14-24(2)15-17-25/h4-13H,3,14-17H2,1-2H3,(H,23,26)/b13-8+. The number of hydrogen-bond acceptors (Lipinski definition) is 5. The number of amides is 1. The van der Waals surface area contributed by atoms with E-state index in [9.17, 15) is 13.2 Å². The number of benzene rings is 2. The van der Waals surface area contributed by atoms with E-state index in [1.165, 1.54) is 22.5 Å². The molecule has 30 heavy (non-hydrogen) atoms. The maximum absolute atomic E-state index is 12.8. The summed E-state index contributed by atoms with van der Waals surface area (Å²) in [6.45, 7) is 4.83. The molecule has 1 amide bonds. The van der Waals surface area contributed by atoms with Gasteiger partial charge in [0.25, 0.3) is 0 Å². The molecule has 160 valence electrons. The molecular formula is C22H27N3O4S. The molecule has 0 aromatic heterocycles. The Morgan fingerprint density at radius 3 is 2.40 bits per heavy atom. The lowest BCUT2D eigenvalue weighted by atomic mass is 10.2. The Bertz CT molecular complexity index is 995. The first-order valence-electron chi connectivity index (χ1n) is 9.90. The van der Waals surface area contributed by atoms with Gasteiger partial charge in [0.15, 0.2) is 0 Å². The molecule has 1 fully saturated rings. The monoisotopic (exact) mass is 429 g/mol.